The summed E-state index contributed by atoms with van der Waals surface area (Å²) in [6, 6.07) is 7.64. The van der Waals surface area contributed by atoms with Crippen LogP contribution in [0.3, 0.4) is 0 Å². The molecule has 0 spiro atoms. The van der Waals surface area contributed by atoms with Crippen molar-refractivity contribution in [2.75, 3.05) is 11.9 Å². The number of rotatable bonds is 4. The van der Waals surface area contributed by atoms with E-state index in [9.17, 15) is 0 Å². The Balaban J connectivity index is 1.87. The molecule has 2 aromatic heterocycles. The zero-order valence-corrected chi connectivity index (χ0v) is 9.48. The number of anilines is 1. The number of hydrogen-bond acceptors (Lipinski definition) is 3. The number of hydrogen-bond donors (Lipinski definition) is 1. The maximum Gasteiger partial charge on any atom is 0.144 e. The quantitative estimate of drug-likeness (QED) is 0.883. The van der Waals surface area contributed by atoms with Crippen molar-refractivity contribution >= 4 is 17.4 Å². The van der Waals surface area contributed by atoms with Crippen LogP contribution in [0.25, 0.3) is 0 Å². The number of nitrogens with zero attached hydrogens (tertiary/aromatic N) is 2. The molecule has 0 aliphatic carbocycles. The molecule has 0 saturated heterocycles. The Morgan fingerprint density at radius 3 is 2.69 bits per heavy atom. The second-order valence-corrected chi connectivity index (χ2v) is 3.77. The molecule has 0 saturated carbocycles. The van der Waals surface area contributed by atoms with E-state index in [1.54, 1.807) is 18.6 Å². The Hall–Kier alpha value is -1.61. The van der Waals surface area contributed by atoms with E-state index in [4.69, 9.17) is 11.6 Å². The zero-order chi connectivity index (χ0) is 11.2. The molecular weight excluding hydrogens is 222 g/mol. The summed E-state index contributed by atoms with van der Waals surface area (Å²) < 4.78 is 0. The maximum atomic E-state index is 5.97. The highest BCUT2D eigenvalue weighted by atomic mass is 35.5. The Kier molecular flexibility index (Phi) is 3.72. The summed E-state index contributed by atoms with van der Waals surface area (Å²) in [4.78, 5) is 8.13. The fourth-order valence-corrected chi connectivity index (χ4v) is 1.58. The predicted molar refractivity (Wildman–Crippen MR) is 65.7 cm³/mol. The zero-order valence-electron chi connectivity index (χ0n) is 8.73. The molecule has 0 aliphatic rings. The number of halogens is 1. The van der Waals surface area contributed by atoms with Crippen LogP contribution in [0.2, 0.25) is 5.02 Å². The third-order valence-corrected chi connectivity index (χ3v) is 2.52. The lowest BCUT2D eigenvalue weighted by atomic mass is 10.2. The minimum atomic E-state index is 0.650. The van der Waals surface area contributed by atoms with Gasteiger partial charge in [-0.15, -0.1) is 0 Å². The maximum absolute atomic E-state index is 5.97. The molecule has 0 bridgehead atoms. The highest BCUT2D eigenvalue weighted by Crippen LogP contribution is 2.16. The summed E-state index contributed by atoms with van der Waals surface area (Å²) in [7, 11) is 0. The molecule has 0 amide bonds. The molecule has 0 aliphatic heterocycles. The van der Waals surface area contributed by atoms with Crippen LogP contribution >= 0.6 is 11.6 Å². The monoisotopic (exact) mass is 233 g/mol. The molecule has 1 N–H and O–H groups in total. The lowest BCUT2D eigenvalue weighted by Crippen LogP contribution is -2.06. The van der Waals surface area contributed by atoms with Crippen LogP contribution in [0.4, 0.5) is 5.82 Å². The third-order valence-electron chi connectivity index (χ3n) is 2.21. The minimum Gasteiger partial charge on any atom is -0.369 e. The lowest BCUT2D eigenvalue weighted by Gasteiger charge is -2.06. The van der Waals surface area contributed by atoms with Gasteiger partial charge in [-0.3, -0.25) is 4.98 Å². The highest BCUT2D eigenvalue weighted by Gasteiger charge is 1.98. The second-order valence-electron chi connectivity index (χ2n) is 3.37. The first-order valence-corrected chi connectivity index (χ1v) is 5.47. The molecule has 3 nitrogen and oxygen atoms in total. The van der Waals surface area contributed by atoms with Crippen molar-refractivity contribution < 1.29 is 0 Å². The van der Waals surface area contributed by atoms with Crippen LogP contribution in [0.1, 0.15) is 5.56 Å². The van der Waals surface area contributed by atoms with Gasteiger partial charge >= 0.3 is 0 Å². The van der Waals surface area contributed by atoms with Crippen molar-refractivity contribution in [3.05, 3.63) is 53.4 Å². The molecule has 0 aromatic carbocycles. The molecule has 2 heterocycles. The van der Waals surface area contributed by atoms with Gasteiger partial charge in [-0.2, -0.15) is 0 Å². The van der Waals surface area contributed by atoms with E-state index in [0.717, 1.165) is 18.8 Å². The molecule has 4 heteroatoms. The molecule has 0 fully saturated rings. The number of nitrogens with one attached hydrogen (secondary N) is 1. The van der Waals surface area contributed by atoms with Gasteiger partial charge in [0.1, 0.15) is 5.82 Å². The third kappa shape index (κ3) is 2.94. The molecule has 16 heavy (non-hydrogen) atoms. The van der Waals surface area contributed by atoms with Crippen molar-refractivity contribution in [1.82, 2.24) is 9.97 Å². The standard InChI is InChI=1S/C12H12ClN3/c13-11-2-1-6-15-12(11)16-9-5-10-3-7-14-8-4-10/h1-4,6-8H,5,9H2,(H,15,16). The first kappa shape index (κ1) is 10.9. The van der Waals surface area contributed by atoms with E-state index in [-0.39, 0.29) is 0 Å². The summed E-state index contributed by atoms with van der Waals surface area (Å²) >= 11 is 5.97. The van der Waals surface area contributed by atoms with E-state index in [0.29, 0.717) is 5.02 Å². The van der Waals surface area contributed by atoms with E-state index >= 15 is 0 Å². The smallest absolute Gasteiger partial charge is 0.144 e. The Labute approximate surface area is 99.5 Å². The first-order chi connectivity index (χ1) is 7.86. The fraction of sp³-hybridized carbons (Fsp3) is 0.167. The summed E-state index contributed by atoms with van der Waals surface area (Å²) in [6.07, 6.45) is 6.24. The van der Waals surface area contributed by atoms with Gasteiger partial charge in [0.25, 0.3) is 0 Å². The van der Waals surface area contributed by atoms with Crippen LogP contribution < -0.4 is 5.32 Å². The van der Waals surface area contributed by atoms with Crippen molar-refractivity contribution in [1.29, 1.82) is 0 Å². The van der Waals surface area contributed by atoms with Gasteiger partial charge in [-0.1, -0.05) is 11.6 Å². The molecule has 2 rings (SSSR count). The molecule has 0 unspecified atom stereocenters. The van der Waals surface area contributed by atoms with Crippen LogP contribution in [-0.4, -0.2) is 16.5 Å². The van der Waals surface area contributed by atoms with E-state index in [1.165, 1.54) is 5.56 Å². The van der Waals surface area contributed by atoms with Crippen molar-refractivity contribution in [2.24, 2.45) is 0 Å². The number of aromatic nitrogens is 2. The SMILES string of the molecule is Clc1cccnc1NCCc1ccncc1. The lowest BCUT2D eigenvalue weighted by molar-refractivity contribution is 1.00. The second kappa shape index (κ2) is 5.47. The van der Waals surface area contributed by atoms with Gasteiger partial charge in [-0.25, -0.2) is 4.98 Å². The largest absolute Gasteiger partial charge is 0.369 e. The average Bonchev–Trinajstić information content (AvgIpc) is 2.33. The Bertz CT molecular complexity index is 445. The van der Waals surface area contributed by atoms with Gasteiger partial charge in [-0.05, 0) is 36.2 Å². The predicted octanol–water partition coefficient (Wildman–Crippen LogP) is 2.78. The Morgan fingerprint density at radius 2 is 1.94 bits per heavy atom. The molecule has 82 valence electrons. The summed E-state index contributed by atoms with van der Waals surface area (Å²) in [6.45, 7) is 0.806. The summed E-state index contributed by atoms with van der Waals surface area (Å²) in [5, 5.41) is 3.85. The van der Waals surface area contributed by atoms with Crippen molar-refractivity contribution in [3.8, 4) is 0 Å². The molecule has 0 radical (unpaired) electrons. The van der Waals surface area contributed by atoms with Gasteiger partial charge in [0, 0.05) is 25.1 Å². The first-order valence-electron chi connectivity index (χ1n) is 5.09. The van der Waals surface area contributed by atoms with Crippen LogP contribution in [0, 0.1) is 0 Å². The summed E-state index contributed by atoms with van der Waals surface area (Å²) in [5.41, 5.74) is 1.24. The minimum absolute atomic E-state index is 0.650. The van der Waals surface area contributed by atoms with Crippen molar-refractivity contribution in [3.63, 3.8) is 0 Å². The Morgan fingerprint density at radius 1 is 1.12 bits per heavy atom. The van der Waals surface area contributed by atoms with Gasteiger partial charge < -0.3 is 5.32 Å². The van der Waals surface area contributed by atoms with E-state index in [2.05, 4.69) is 15.3 Å². The van der Waals surface area contributed by atoms with E-state index in [1.807, 2.05) is 24.3 Å². The van der Waals surface area contributed by atoms with Gasteiger partial charge in [0.05, 0.1) is 5.02 Å². The van der Waals surface area contributed by atoms with Crippen molar-refractivity contribution in [2.45, 2.75) is 6.42 Å². The van der Waals surface area contributed by atoms with Crippen LogP contribution in [0.5, 0.6) is 0 Å². The average molecular weight is 234 g/mol. The van der Waals surface area contributed by atoms with Gasteiger partial charge in [0.15, 0.2) is 0 Å². The topological polar surface area (TPSA) is 37.8 Å². The van der Waals surface area contributed by atoms with Crippen LogP contribution in [0.15, 0.2) is 42.9 Å². The molecule has 2 aromatic rings. The molecule has 0 atom stereocenters. The summed E-state index contributed by atoms with van der Waals surface area (Å²) in [5.74, 6) is 0.734. The van der Waals surface area contributed by atoms with Crippen LogP contribution in [-0.2, 0) is 6.42 Å². The van der Waals surface area contributed by atoms with E-state index < -0.39 is 0 Å². The van der Waals surface area contributed by atoms with Gasteiger partial charge in [0.2, 0.25) is 0 Å². The number of pyridine rings is 2. The molecular formula is C12H12ClN3. The normalized spacial score (nSPS) is 10.1. The fourth-order valence-electron chi connectivity index (χ4n) is 1.39. The highest BCUT2D eigenvalue weighted by molar-refractivity contribution is 6.32.